The van der Waals surface area contributed by atoms with Gasteiger partial charge in [-0.1, -0.05) is 72.8 Å². The van der Waals surface area contributed by atoms with Gasteiger partial charge in [-0.05, 0) is 17.5 Å². The van der Waals surface area contributed by atoms with Crippen LogP contribution in [0.5, 0.6) is 0 Å². The molecular formula is C23H21NO4. The maximum Gasteiger partial charge on any atom is 0.310 e. The van der Waals surface area contributed by atoms with E-state index in [1.54, 1.807) is 0 Å². The first-order valence-corrected chi connectivity index (χ1v) is 9.58. The van der Waals surface area contributed by atoms with E-state index in [0.717, 1.165) is 11.1 Å². The van der Waals surface area contributed by atoms with Crippen molar-refractivity contribution in [2.75, 3.05) is 0 Å². The number of carbonyl (C=O) groups is 2. The van der Waals surface area contributed by atoms with Gasteiger partial charge in [0.1, 0.15) is 11.5 Å². The number of likely N-dealkylation sites (tertiary alicyclic amines) is 1. The summed E-state index contributed by atoms with van der Waals surface area (Å²) in [4.78, 5) is 27.2. The molecule has 3 aliphatic heterocycles. The highest BCUT2D eigenvalue weighted by atomic mass is 16.5. The number of amides is 1. The summed E-state index contributed by atoms with van der Waals surface area (Å²) in [5.41, 5.74) is 1.26. The predicted octanol–water partition coefficient (Wildman–Crippen LogP) is 2.66. The lowest BCUT2D eigenvalue weighted by Crippen LogP contribution is -2.46. The number of ether oxygens (including phenoxy) is 1. The molecule has 5 atom stereocenters. The van der Waals surface area contributed by atoms with Crippen molar-refractivity contribution in [3.8, 4) is 0 Å². The molecule has 2 bridgehead atoms. The van der Waals surface area contributed by atoms with E-state index in [0.29, 0.717) is 13.0 Å². The highest BCUT2D eigenvalue weighted by molar-refractivity contribution is 5.91. The van der Waals surface area contributed by atoms with Gasteiger partial charge in [0.05, 0.1) is 18.1 Å². The van der Waals surface area contributed by atoms with Crippen molar-refractivity contribution in [2.45, 2.75) is 30.7 Å². The lowest BCUT2D eigenvalue weighted by Gasteiger charge is -2.33. The van der Waals surface area contributed by atoms with Crippen molar-refractivity contribution in [1.82, 2.24) is 4.90 Å². The third-order valence-electron chi connectivity index (χ3n) is 6.28. The Morgan fingerprint density at radius 3 is 2.32 bits per heavy atom. The molecule has 0 radical (unpaired) electrons. The van der Waals surface area contributed by atoms with Crippen molar-refractivity contribution >= 4 is 11.9 Å². The van der Waals surface area contributed by atoms with Crippen LogP contribution >= 0.6 is 0 Å². The van der Waals surface area contributed by atoms with Gasteiger partial charge in [0, 0.05) is 6.54 Å². The monoisotopic (exact) mass is 375 g/mol. The van der Waals surface area contributed by atoms with Crippen LogP contribution in [0.2, 0.25) is 0 Å². The van der Waals surface area contributed by atoms with Crippen LogP contribution in [-0.4, -0.2) is 39.6 Å². The number of fused-ring (bicyclic) bond motifs is 1. The summed E-state index contributed by atoms with van der Waals surface area (Å²) in [6, 6.07) is 19.6. The number of carboxylic acid groups (broad SMARTS) is 1. The Labute approximate surface area is 163 Å². The minimum Gasteiger partial charge on any atom is -0.481 e. The lowest BCUT2D eigenvalue weighted by atomic mass is 9.74. The Kier molecular flexibility index (Phi) is 3.88. The zero-order valence-electron chi connectivity index (χ0n) is 15.3. The number of benzene rings is 2. The van der Waals surface area contributed by atoms with E-state index < -0.39 is 29.5 Å². The molecule has 0 saturated carbocycles. The van der Waals surface area contributed by atoms with Crippen molar-refractivity contribution in [1.29, 1.82) is 0 Å². The van der Waals surface area contributed by atoms with Crippen LogP contribution in [0.1, 0.15) is 11.1 Å². The quantitative estimate of drug-likeness (QED) is 0.816. The van der Waals surface area contributed by atoms with E-state index in [-0.39, 0.29) is 11.9 Å². The first-order valence-electron chi connectivity index (χ1n) is 9.58. The molecule has 0 aromatic heterocycles. The van der Waals surface area contributed by atoms with Gasteiger partial charge in [-0.2, -0.15) is 0 Å². The maximum absolute atomic E-state index is 13.4. The fourth-order valence-electron chi connectivity index (χ4n) is 5.08. The van der Waals surface area contributed by atoms with Crippen LogP contribution < -0.4 is 0 Å². The van der Waals surface area contributed by atoms with E-state index in [9.17, 15) is 14.7 Å². The lowest BCUT2D eigenvalue weighted by molar-refractivity contribution is -0.148. The van der Waals surface area contributed by atoms with Crippen LogP contribution in [0.3, 0.4) is 0 Å². The average molecular weight is 375 g/mol. The van der Waals surface area contributed by atoms with Crippen molar-refractivity contribution < 1.29 is 19.4 Å². The standard InChI is InChI=1S/C23H21NO4/c25-21-20-19(22(26)27)17-11-12-23(20,28-17)18(13-15-7-3-1-4-8-15)24(21)14-16-9-5-2-6-10-16/h1-12,17-20H,13-14H2,(H,26,27)/t17-,18-,19+,20-,23-/m1/s1. The molecule has 3 heterocycles. The zero-order chi connectivity index (χ0) is 19.3. The van der Waals surface area contributed by atoms with Gasteiger partial charge >= 0.3 is 5.97 Å². The summed E-state index contributed by atoms with van der Waals surface area (Å²) in [6.45, 7) is 0.448. The van der Waals surface area contributed by atoms with Crippen molar-refractivity contribution in [3.05, 3.63) is 83.9 Å². The van der Waals surface area contributed by atoms with Crippen LogP contribution in [0.4, 0.5) is 0 Å². The molecule has 2 fully saturated rings. The molecule has 2 aromatic rings. The highest BCUT2D eigenvalue weighted by Gasteiger charge is 2.70. The number of carboxylic acids is 1. The number of nitrogens with zero attached hydrogens (tertiary/aromatic N) is 1. The Bertz CT molecular complexity index is 942. The summed E-state index contributed by atoms with van der Waals surface area (Å²) in [6.07, 6.45) is 3.87. The van der Waals surface area contributed by atoms with Crippen molar-refractivity contribution in [3.63, 3.8) is 0 Å². The Morgan fingerprint density at radius 2 is 1.68 bits per heavy atom. The number of aliphatic carboxylic acids is 1. The van der Waals surface area contributed by atoms with Crippen LogP contribution in [0, 0.1) is 11.8 Å². The molecule has 2 aromatic carbocycles. The van der Waals surface area contributed by atoms with Crippen LogP contribution in [-0.2, 0) is 27.3 Å². The fraction of sp³-hybridized carbons (Fsp3) is 0.304. The molecule has 1 N–H and O–H groups in total. The number of hydrogen-bond acceptors (Lipinski definition) is 3. The predicted molar refractivity (Wildman–Crippen MR) is 102 cm³/mol. The summed E-state index contributed by atoms with van der Waals surface area (Å²) < 4.78 is 6.23. The molecule has 3 aliphatic rings. The number of carbonyl (C=O) groups excluding carboxylic acids is 1. The number of rotatable bonds is 5. The van der Waals surface area contributed by atoms with Crippen molar-refractivity contribution in [2.24, 2.45) is 11.8 Å². The highest BCUT2D eigenvalue weighted by Crippen LogP contribution is 2.55. The SMILES string of the molecule is O=C(O)[C@H]1[C@H]2C=C[C@]3(O2)[C@H]1C(=O)N(Cc1ccccc1)[C@@H]3Cc1ccccc1. The number of hydrogen-bond donors (Lipinski definition) is 1. The summed E-state index contributed by atoms with van der Waals surface area (Å²) in [7, 11) is 0. The van der Waals surface area contributed by atoms with Gasteiger partial charge in [0.25, 0.3) is 0 Å². The minimum atomic E-state index is -0.963. The second-order valence-electron chi connectivity index (χ2n) is 7.79. The van der Waals surface area contributed by atoms with Crippen LogP contribution in [0.25, 0.3) is 0 Å². The molecular weight excluding hydrogens is 354 g/mol. The molecule has 1 spiro atoms. The summed E-state index contributed by atoms with van der Waals surface area (Å²) in [5.74, 6) is -2.58. The van der Waals surface area contributed by atoms with Gasteiger partial charge in [0.2, 0.25) is 5.91 Å². The van der Waals surface area contributed by atoms with Gasteiger partial charge < -0.3 is 14.7 Å². The molecule has 2 saturated heterocycles. The molecule has 5 rings (SSSR count). The molecule has 5 nitrogen and oxygen atoms in total. The summed E-state index contributed by atoms with van der Waals surface area (Å²) in [5, 5.41) is 9.76. The average Bonchev–Trinajstić information content (AvgIpc) is 3.34. The fourth-order valence-corrected chi connectivity index (χ4v) is 5.08. The second kappa shape index (κ2) is 6.31. The molecule has 28 heavy (non-hydrogen) atoms. The Hall–Kier alpha value is -2.92. The zero-order valence-corrected chi connectivity index (χ0v) is 15.3. The van der Waals surface area contributed by atoms with Gasteiger partial charge in [-0.25, -0.2) is 0 Å². The van der Waals surface area contributed by atoms with Crippen LogP contribution in [0.15, 0.2) is 72.8 Å². The largest absolute Gasteiger partial charge is 0.481 e. The molecule has 0 unspecified atom stereocenters. The van der Waals surface area contributed by atoms with Gasteiger partial charge in [-0.15, -0.1) is 0 Å². The van der Waals surface area contributed by atoms with Gasteiger partial charge in [-0.3, -0.25) is 9.59 Å². The molecule has 5 heteroatoms. The normalized spacial score (nSPS) is 32.7. The Balaban J connectivity index is 1.56. The molecule has 1 amide bonds. The van der Waals surface area contributed by atoms with E-state index >= 15 is 0 Å². The smallest absolute Gasteiger partial charge is 0.310 e. The maximum atomic E-state index is 13.4. The minimum absolute atomic E-state index is 0.121. The van der Waals surface area contributed by atoms with Gasteiger partial charge in [0.15, 0.2) is 0 Å². The van der Waals surface area contributed by atoms with E-state index in [1.165, 1.54) is 0 Å². The first kappa shape index (κ1) is 17.2. The Morgan fingerprint density at radius 1 is 1.04 bits per heavy atom. The van der Waals surface area contributed by atoms with E-state index in [1.807, 2.05) is 77.7 Å². The van der Waals surface area contributed by atoms with E-state index in [2.05, 4.69) is 0 Å². The molecule has 142 valence electrons. The first-order chi connectivity index (χ1) is 13.6. The topological polar surface area (TPSA) is 66.8 Å². The second-order valence-corrected chi connectivity index (χ2v) is 7.79. The third kappa shape index (κ3) is 2.43. The summed E-state index contributed by atoms with van der Waals surface area (Å²) >= 11 is 0. The molecule has 0 aliphatic carbocycles. The van der Waals surface area contributed by atoms with E-state index in [4.69, 9.17) is 4.74 Å². The third-order valence-corrected chi connectivity index (χ3v) is 6.28.